The summed E-state index contributed by atoms with van der Waals surface area (Å²) in [5.41, 5.74) is 0.414. The van der Waals surface area contributed by atoms with E-state index in [1.165, 1.54) is 6.07 Å². The molecule has 0 atom stereocenters. The Bertz CT molecular complexity index is 352. The first kappa shape index (κ1) is 8.21. The summed E-state index contributed by atoms with van der Waals surface area (Å²) < 4.78 is 0. The highest BCUT2D eigenvalue weighted by molar-refractivity contribution is 5.43. The lowest BCUT2D eigenvalue weighted by atomic mass is 10.3. The number of aromatic amines is 1. The first-order chi connectivity index (χ1) is 5.83. The van der Waals surface area contributed by atoms with Crippen LogP contribution in [0.5, 0.6) is 0 Å². The van der Waals surface area contributed by atoms with Crippen molar-refractivity contribution in [1.82, 2.24) is 10.2 Å². The topological polar surface area (TPSA) is 69.5 Å². The van der Waals surface area contributed by atoms with Crippen LogP contribution in [-0.2, 0) is 0 Å². The minimum atomic E-state index is -0.229. The van der Waals surface area contributed by atoms with Crippen molar-refractivity contribution in [1.29, 1.82) is 5.26 Å². The molecule has 0 radical (unpaired) electrons. The van der Waals surface area contributed by atoms with Gasteiger partial charge in [-0.1, -0.05) is 6.08 Å². The van der Waals surface area contributed by atoms with Crippen LogP contribution >= 0.6 is 0 Å². The van der Waals surface area contributed by atoms with Crippen LogP contribution in [0.1, 0.15) is 12.1 Å². The van der Waals surface area contributed by atoms with Gasteiger partial charge in [-0.25, -0.2) is 5.10 Å². The molecule has 1 heterocycles. The number of H-pyrrole nitrogens is 1. The highest BCUT2D eigenvalue weighted by Gasteiger charge is 1.86. The van der Waals surface area contributed by atoms with E-state index in [0.29, 0.717) is 12.1 Å². The number of nitrogens with zero attached hydrogens (tertiary/aromatic N) is 2. The molecule has 0 aromatic carbocycles. The number of hydrogen-bond donors (Lipinski definition) is 1. The fourth-order valence-electron chi connectivity index (χ4n) is 0.680. The van der Waals surface area contributed by atoms with E-state index in [-0.39, 0.29) is 5.56 Å². The van der Waals surface area contributed by atoms with E-state index in [0.717, 1.165) is 0 Å². The van der Waals surface area contributed by atoms with Crippen molar-refractivity contribution in [2.75, 3.05) is 0 Å². The normalized spacial score (nSPS) is 9.92. The van der Waals surface area contributed by atoms with Crippen LogP contribution in [0.2, 0.25) is 0 Å². The molecular weight excluding hydrogens is 154 g/mol. The molecule has 0 spiro atoms. The van der Waals surface area contributed by atoms with Gasteiger partial charge in [0.15, 0.2) is 0 Å². The fraction of sp³-hybridized carbons (Fsp3) is 0.125. The molecule has 0 amide bonds. The highest BCUT2D eigenvalue weighted by Crippen LogP contribution is 1.93. The molecule has 12 heavy (non-hydrogen) atoms. The zero-order valence-electron chi connectivity index (χ0n) is 6.32. The monoisotopic (exact) mass is 161 g/mol. The maximum atomic E-state index is 10.6. The van der Waals surface area contributed by atoms with Crippen molar-refractivity contribution in [2.24, 2.45) is 0 Å². The largest absolute Gasteiger partial charge is 0.268 e. The Kier molecular flexibility index (Phi) is 2.79. The molecule has 1 N–H and O–H groups in total. The fourth-order valence-corrected chi connectivity index (χ4v) is 0.680. The van der Waals surface area contributed by atoms with Crippen molar-refractivity contribution in [3.05, 3.63) is 34.3 Å². The molecule has 0 saturated carbocycles. The van der Waals surface area contributed by atoms with Gasteiger partial charge >= 0.3 is 0 Å². The first-order valence-electron chi connectivity index (χ1n) is 3.42. The SMILES string of the molecule is N#CCC=Cc1ccc(=O)[nH]n1. The predicted octanol–water partition coefficient (Wildman–Crippen LogP) is 0.697. The van der Waals surface area contributed by atoms with Crippen LogP contribution < -0.4 is 5.56 Å². The van der Waals surface area contributed by atoms with Gasteiger partial charge in [0.25, 0.3) is 5.56 Å². The van der Waals surface area contributed by atoms with Gasteiger partial charge in [-0.15, -0.1) is 0 Å². The summed E-state index contributed by atoms with van der Waals surface area (Å²) in [6, 6.07) is 4.94. The molecule has 60 valence electrons. The molecule has 4 heteroatoms. The molecule has 0 bridgehead atoms. The highest BCUT2D eigenvalue weighted by atomic mass is 16.1. The molecule has 1 aromatic rings. The summed E-state index contributed by atoms with van der Waals surface area (Å²) in [6.45, 7) is 0. The van der Waals surface area contributed by atoms with Gasteiger partial charge in [-0.2, -0.15) is 10.4 Å². The lowest BCUT2D eigenvalue weighted by molar-refractivity contribution is 0.976. The van der Waals surface area contributed by atoms with Gasteiger partial charge in [-0.3, -0.25) is 4.79 Å². The quantitative estimate of drug-likeness (QED) is 0.693. The van der Waals surface area contributed by atoms with E-state index in [9.17, 15) is 4.79 Å². The van der Waals surface area contributed by atoms with Crippen LogP contribution in [0, 0.1) is 11.3 Å². The van der Waals surface area contributed by atoms with Gasteiger partial charge in [0.05, 0.1) is 18.2 Å². The minimum absolute atomic E-state index is 0.229. The van der Waals surface area contributed by atoms with E-state index in [1.807, 2.05) is 6.07 Å². The third-order valence-electron chi connectivity index (χ3n) is 1.20. The van der Waals surface area contributed by atoms with Crippen molar-refractivity contribution in [2.45, 2.75) is 6.42 Å². The number of hydrogen-bond acceptors (Lipinski definition) is 3. The van der Waals surface area contributed by atoms with Crippen molar-refractivity contribution in [3.63, 3.8) is 0 Å². The Balaban J connectivity index is 2.72. The summed E-state index contributed by atoms with van der Waals surface area (Å²) >= 11 is 0. The lowest BCUT2D eigenvalue weighted by Crippen LogP contribution is -2.05. The Labute approximate surface area is 69.2 Å². The molecular formula is C8H7N3O. The summed E-state index contributed by atoms with van der Waals surface area (Å²) in [7, 11) is 0. The van der Waals surface area contributed by atoms with Gasteiger partial charge < -0.3 is 0 Å². The van der Waals surface area contributed by atoms with Crippen LogP contribution in [0.4, 0.5) is 0 Å². The smallest absolute Gasteiger partial charge is 0.264 e. The summed E-state index contributed by atoms with van der Waals surface area (Å²) in [5, 5.41) is 14.2. The Morgan fingerprint density at radius 3 is 3.08 bits per heavy atom. The molecule has 1 rings (SSSR count). The van der Waals surface area contributed by atoms with Crippen LogP contribution in [-0.4, -0.2) is 10.2 Å². The number of nitriles is 1. The summed E-state index contributed by atoms with van der Waals surface area (Å²) in [6.07, 6.45) is 3.71. The zero-order valence-corrected chi connectivity index (χ0v) is 6.32. The summed E-state index contributed by atoms with van der Waals surface area (Å²) in [4.78, 5) is 10.6. The molecule has 0 unspecified atom stereocenters. The van der Waals surface area contributed by atoms with Gasteiger partial charge in [0, 0.05) is 6.07 Å². The maximum Gasteiger partial charge on any atom is 0.264 e. The van der Waals surface area contributed by atoms with Crippen molar-refractivity contribution in [3.8, 4) is 6.07 Å². The van der Waals surface area contributed by atoms with E-state index in [1.54, 1.807) is 18.2 Å². The third-order valence-corrected chi connectivity index (χ3v) is 1.20. The van der Waals surface area contributed by atoms with E-state index in [2.05, 4.69) is 10.2 Å². The van der Waals surface area contributed by atoms with Gasteiger partial charge in [0.2, 0.25) is 0 Å². The standard InChI is InChI=1S/C8H7N3O/c9-6-2-1-3-7-4-5-8(12)11-10-7/h1,3-5H,2H2,(H,11,12). The Morgan fingerprint density at radius 1 is 1.67 bits per heavy atom. The van der Waals surface area contributed by atoms with Crippen molar-refractivity contribution >= 4 is 6.08 Å². The Morgan fingerprint density at radius 2 is 2.50 bits per heavy atom. The number of aromatic nitrogens is 2. The van der Waals surface area contributed by atoms with Gasteiger partial charge in [-0.05, 0) is 12.1 Å². The number of allylic oxidation sites excluding steroid dienone is 1. The second kappa shape index (κ2) is 4.09. The first-order valence-corrected chi connectivity index (χ1v) is 3.42. The van der Waals surface area contributed by atoms with Crippen LogP contribution in [0.15, 0.2) is 23.0 Å². The zero-order chi connectivity index (χ0) is 8.81. The lowest BCUT2D eigenvalue weighted by Gasteiger charge is -1.87. The maximum absolute atomic E-state index is 10.6. The molecule has 0 aliphatic heterocycles. The predicted molar refractivity (Wildman–Crippen MR) is 44.1 cm³/mol. The number of nitrogens with one attached hydrogen (secondary N) is 1. The van der Waals surface area contributed by atoms with E-state index >= 15 is 0 Å². The van der Waals surface area contributed by atoms with Crippen molar-refractivity contribution < 1.29 is 0 Å². The van der Waals surface area contributed by atoms with E-state index < -0.39 is 0 Å². The molecule has 0 fully saturated rings. The van der Waals surface area contributed by atoms with Gasteiger partial charge in [0.1, 0.15) is 0 Å². The summed E-state index contributed by atoms with van der Waals surface area (Å²) in [5.74, 6) is 0. The third kappa shape index (κ3) is 2.39. The molecule has 0 aliphatic rings. The molecule has 0 saturated heterocycles. The number of rotatable bonds is 2. The molecule has 1 aromatic heterocycles. The molecule has 0 aliphatic carbocycles. The average Bonchev–Trinajstić information content (AvgIpc) is 2.09. The Hall–Kier alpha value is -1.89. The second-order valence-corrected chi connectivity index (χ2v) is 2.11. The second-order valence-electron chi connectivity index (χ2n) is 2.11. The van der Waals surface area contributed by atoms with E-state index in [4.69, 9.17) is 5.26 Å². The average molecular weight is 161 g/mol. The van der Waals surface area contributed by atoms with Crippen LogP contribution in [0.3, 0.4) is 0 Å². The van der Waals surface area contributed by atoms with Crippen LogP contribution in [0.25, 0.3) is 6.08 Å². The molecule has 4 nitrogen and oxygen atoms in total. The minimum Gasteiger partial charge on any atom is -0.268 e.